The van der Waals surface area contributed by atoms with Crippen molar-refractivity contribution in [2.24, 2.45) is 0 Å². The number of nitriles is 1. The standard InChI is InChI=1S/C16H14F3N7/c1-10-6-14(26-15(25-10)23-9-24-26)22-5-4-21-13-3-2-12(16(17,18)19)7-11(13)8-20/h2-3,6-7,9,21-22H,4-5H2,1H3. The first-order valence-corrected chi connectivity index (χ1v) is 7.65. The van der Waals surface area contributed by atoms with Crippen LogP contribution >= 0.6 is 0 Å². The second-order valence-electron chi connectivity index (χ2n) is 5.48. The zero-order chi connectivity index (χ0) is 18.7. The van der Waals surface area contributed by atoms with Crippen molar-refractivity contribution < 1.29 is 13.2 Å². The van der Waals surface area contributed by atoms with E-state index in [4.69, 9.17) is 5.26 Å². The number of alkyl halides is 3. The molecule has 0 amide bonds. The van der Waals surface area contributed by atoms with Gasteiger partial charge in [0.25, 0.3) is 5.78 Å². The molecular weight excluding hydrogens is 347 g/mol. The van der Waals surface area contributed by atoms with Crippen molar-refractivity contribution in [2.45, 2.75) is 13.1 Å². The van der Waals surface area contributed by atoms with Gasteiger partial charge in [0.2, 0.25) is 0 Å². The predicted octanol–water partition coefficient (Wildman–Crippen LogP) is 2.85. The molecule has 0 saturated heterocycles. The lowest BCUT2D eigenvalue weighted by atomic mass is 10.1. The molecule has 2 aromatic heterocycles. The number of nitrogens with zero attached hydrogens (tertiary/aromatic N) is 5. The summed E-state index contributed by atoms with van der Waals surface area (Å²) < 4.78 is 39.7. The Morgan fingerprint density at radius 2 is 1.96 bits per heavy atom. The molecule has 0 bridgehead atoms. The van der Waals surface area contributed by atoms with E-state index in [9.17, 15) is 13.2 Å². The molecule has 0 saturated carbocycles. The van der Waals surface area contributed by atoms with Crippen LogP contribution in [0, 0.1) is 18.3 Å². The molecule has 2 heterocycles. The molecule has 0 fully saturated rings. The number of hydrogen-bond acceptors (Lipinski definition) is 6. The van der Waals surface area contributed by atoms with Gasteiger partial charge in [-0.25, -0.2) is 4.98 Å². The van der Waals surface area contributed by atoms with Crippen molar-refractivity contribution in [2.75, 3.05) is 23.7 Å². The summed E-state index contributed by atoms with van der Waals surface area (Å²) in [7, 11) is 0. The molecule has 0 spiro atoms. The van der Waals surface area contributed by atoms with Crippen LogP contribution in [0.5, 0.6) is 0 Å². The summed E-state index contributed by atoms with van der Waals surface area (Å²) in [6, 6.07) is 6.63. The van der Waals surface area contributed by atoms with Crippen molar-refractivity contribution in [3.63, 3.8) is 0 Å². The molecule has 26 heavy (non-hydrogen) atoms. The zero-order valence-corrected chi connectivity index (χ0v) is 13.7. The molecule has 0 radical (unpaired) electrons. The fourth-order valence-corrected chi connectivity index (χ4v) is 2.41. The summed E-state index contributed by atoms with van der Waals surface area (Å²) in [4.78, 5) is 8.25. The lowest BCUT2D eigenvalue weighted by Gasteiger charge is -2.13. The molecule has 0 aliphatic heterocycles. The third-order valence-corrected chi connectivity index (χ3v) is 3.59. The van der Waals surface area contributed by atoms with E-state index < -0.39 is 11.7 Å². The third kappa shape index (κ3) is 3.66. The maximum Gasteiger partial charge on any atom is 0.416 e. The smallest absolute Gasteiger partial charge is 0.382 e. The third-order valence-electron chi connectivity index (χ3n) is 3.59. The highest BCUT2D eigenvalue weighted by molar-refractivity contribution is 5.59. The van der Waals surface area contributed by atoms with Crippen LogP contribution in [0.25, 0.3) is 5.78 Å². The molecule has 3 aromatic rings. The van der Waals surface area contributed by atoms with Gasteiger partial charge >= 0.3 is 6.18 Å². The van der Waals surface area contributed by atoms with Crippen molar-refractivity contribution >= 4 is 17.3 Å². The molecule has 0 atom stereocenters. The fourth-order valence-electron chi connectivity index (χ4n) is 2.41. The van der Waals surface area contributed by atoms with Gasteiger partial charge in [0.15, 0.2) is 0 Å². The van der Waals surface area contributed by atoms with Crippen molar-refractivity contribution in [3.8, 4) is 6.07 Å². The topological polar surface area (TPSA) is 90.9 Å². The Kier molecular flexibility index (Phi) is 4.62. The summed E-state index contributed by atoms with van der Waals surface area (Å²) in [6.07, 6.45) is -3.08. The van der Waals surface area contributed by atoms with Crippen LogP contribution in [0.15, 0.2) is 30.6 Å². The number of anilines is 2. The van der Waals surface area contributed by atoms with E-state index in [1.807, 2.05) is 6.92 Å². The number of halogens is 3. The van der Waals surface area contributed by atoms with E-state index in [1.165, 1.54) is 12.4 Å². The van der Waals surface area contributed by atoms with Crippen molar-refractivity contribution in [3.05, 3.63) is 47.4 Å². The second kappa shape index (κ2) is 6.87. The summed E-state index contributed by atoms with van der Waals surface area (Å²) in [5, 5.41) is 19.2. The van der Waals surface area contributed by atoms with Gasteiger partial charge in [-0.1, -0.05) is 0 Å². The van der Waals surface area contributed by atoms with Crippen molar-refractivity contribution in [1.82, 2.24) is 19.6 Å². The van der Waals surface area contributed by atoms with Gasteiger partial charge in [-0.05, 0) is 25.1 Å². The minimum Gasteiger partial charge on any atom is -0.382 e. The Labute approximate surface area is 146 Å². The summed E-state index contributed by atoms with van der Waals surface area (Å²) in [6.45, 7) is 2.67. The number of hydrogen-bond donors (Lipinski definition) is 2. The van der Waals surface area contributed by atoms with Gasteiger partial charge < -0.3 is 10.6 Å². The Balaban J connectivity index is 1.65. The van der Waals surface area contributed by atoms with E-state index in [2.05, 4.69) is 25.7 Å². The van der Waals surface area contributed by atoms with Gasteiger partial charge in [-0.2, -0.15) is 33.0 Å². The molecule has 2 N–H and O–H groups in total. The molecule has 0 aliphatic carbocycles. The Bertz CT molecular complexity index is 972. The van der Waals surface area contributed by atoms with E-state index in [0.717, 1.165) is 17.8 Å². The highest BCUT2D eigenvalue weighted by Crippen LogP contribution is 2.31. The quantitative estimate of drug-likeness (QED) is 0.679. The molecule has 7 nitrogen and oxygen atoms in total. The van der Waals surface area contributed by atoms with Gasteiger partial charge in [-0.3, -0.25) is 0 Å². The SMILES string of the molecule is Cc1cc(NCCNc2ccc(C(F)(F)F)cc2C#N)n2ncnc2n1. The van der Waals surface area contributed by atoms with E-state index >= 15 is 0 Å². The highest BCUT2D eigenvalue weighted by atomic mass is 19.4. The van der Waals surface area contributed by atoms with E-state index in [0.29, 0.717) is 30.4 Å². The first-order valence-electron chi connectivity index (χ1n) is 7.65. The molecule has 10 heteroatoms. The maximum atomic E-state index is 12.7. The van der Waals surface area contributed by atoms with Gasteiger partial charge in [0.05, 0.1) is 16.8 Å². The first-order chi connectivity index (χ1) is 12.4. The molecule has 3 rings (SSSR count). The molecule has 134 valence electrons. The number of aryl methyl sites for hydroxylation is 1. The van der Waals surface area contributed by atoms with E-state index in [-0.39, 0.29) is 5.56 Å². The zero-order valence-electron chi connectivity index (χ0n) is 13.7. The normalized spacial score (nSPS) is 11.3. The minimum atomic E-state index is -4.48. The first kappa shape index (κ1) is 17.5. The summed E-state index contributed by atoms with van der Waals surface area (Å²) >= 11 is 0. The number of benzene rings is 1. The minimum absolute atomic E-state index is 0.0572. The van der Waals surface area contributed by atoms with Crippen LogP contribution in [0.1, 0.15) is 16.8 Å². The van der Waals surface area contributed by atoms with Crippen LogP contribution in [0.2, 0.25) is 0 Å². The molecule has 0 aliphatic rings. The average molecular weight is 361 g/mol. The van der Waals surface area contributed by atoms with Gasteiger partial charge in [0.1, 0.15) is 18.2 Å². The predicted molar refractivity (Wildman–Crippen MR) is 88.7 cm³/mol. The summed E-state index contributed by atoms with van der Waals surface area (Å²) in [5.41, 5.74) is 0.214. The molecular formula is C16H14F3N7. The number of fused-ring (bicyclic) bond motifs is 1. The Morgan fingerprint density at radius 3 is 2.69 bits per heavy atom. The van der Waals surface area contributed by atoms with Crippen LogP contribution in [-0.2, 0) is 6.18 Å². The van der Waals surface area contributed by atoms with Crippen LogP contribution in [0.3, 0.4) is 0 Å². The molecule has 0 unspecified atom stereocenters. The monoisotopic (exact) mass is 361 g/mol. The Morgan fingerprint density at radius 1 is 1.19 bits per heavy atom. The van der Waals surface area contributed by atoms with Crippen LogP contribution < -0.4 is 10.6 Å². The lowest BCUT2D eigenvalue weighted by molar-refractivity contribution is -0.137. The summed E-state index contributed by atoms with van der Waals surface area (Å²) in [5.74, 6) is 1.16. The highest BCUT2D eigenvalue weighted by Gasteiger charge is 2.31. The van der Waals surface area contributed by atoms with Gasteiger partial charge in [-0.15, -0.1) is 0 Å². The Hall–Kier alpha value is -3.35. The maximum absolute atomic E-state index is 12.7. The number of rotatable bonds is 5. The van der Waals surface area contributed by atoms with E-state index in [1.54, 1.807) is 16.7 Å². The number of nitrogens with one attached hydrogen (secondary N) is 2. The number of aromatic nitrogens is 4. The largest absolute Gasteiger partial charge is 0.416 e. The average Bonchev–Trinajstić information content (AvgIpc) is 3.06. The fraction of sp³-hybridized carbons (Fsp3) is 0.250. The molecule has 1 aromatic carbocycles. The van der Waals surface area contributed by atoms with Crippen LogP contribution in [-0.4, -0.2) is 32.7 Å². The van der Waals surface area contributed by atoms with Crippen LogP contribution in [0.4, 0.5) is 24.7 Å². The van der Waals surface area contributed by atoms with Crippen molar-refractivity contribution in [1.29, 1.82) is 5.26 Å². The van der Waals surface area contributed by atoms with Gasteiger partial charge in [0, 0.05) is 24.8 Å². The second-order valence-corrected chi connectivity index (χ2v) is 5.48. The lowest BCUT2D eigenvalue weighted by Crippen LogP contribution is -2.17.